The van der Waals surface area contributed by atoms with Crippen LogP contribution in [0.2, 0.25) is 10.0 Å². The number of rotatable bonds is 6. The van der Waals surface area contributed by atoms with Gasteiger partial charge in [-0.1, -0.05) is 41.4 Å². The number of hydrogen-bond acceptors (Lipinski definition) is 2. The predicted octanol–water partition coefficient (Wildman–Crippen LogP) is 5.13. The molecule has 8 heteroatoms. The molecule has 3 nitrogen and oxygen atoms in total. The average molecular weight is 391 g/mol. The second-order valence-electron chi connectivity index (χ2n) is 5.23. The smallest absolute Gasteiger partial charge is 0.384 e. The molecule has 2 aromatic carbocycles. The van der Waals surface area contributed by atoms with Crippen LogP contribution in [0.3, 0.4) is 0 Å². The highest BCUT2D eigenvalue weighted by atomic mass is 35.5. The molecular weight excluding hydrogens is 376 g/mol. The van der Waals surface area contributed by atoms with E-state index >= 15 is 0 Å². The molecule has 2 aromatic rings. The highest BCUT2D eigenvalue weighted by Crippen LogP contribution is 2.36. The van der Waals surface area contributed by atoms with Crippen molar-refractivity contribution in [3.8, 4) is 0 Å². The SMILES string of the molecule is O=C(CCNc1ccc(Cl)cc1C(F)(F)F)NCc1ccccc1Cl. The maximum Gasteiger partial charge on any atom is 0.418 e. The molecule has 0 aliphatic carbocycles. The van der Waals surface area contributed by atoms with Crippen molar-refractivity contribution in [1.82, 2.24) is 5.32 Å². The van der Waals surface area contributed by atoms with Gasteiger partial charge in [-0.15, -0.1) is 0 Å². The van der Waals surface area contributed by atoms with Gasteiger partial charge in [0, 0.05) is 35.2 Å². The van der Waals surface area contributed by atoms with E-state index in [-0.39, 0.29) is 36.1 Å². The lowest BCUT2D eigenvalue weighted by atomic mass is 10.1. The first kappa shape index (κ1) is 19.4. The standard InChI is InChI=1S/C17H15Cl2F3N2O/c18-12-5-6-15(13(9-12)17(20,21)22)23-8-7-16(25)24-10-11-3-1-2-4-14(11)19/h1-6,9,23H,7-8,10H2,(H,24,25). The molecule has 134 valence electrons. The van der Waals surface area contributed by atoms with Crippen molar-refractivity contribution >= 4 is 34.8 Å². The van der Waals surface area contributed by atoms with Crippen LogP contribution in [-0.2, 0) is 17.5 Å². The third kappa shape index (κ3) is 5.83. The van der Waals surface area contributed by atoms with Gasteiger partial charge in [-0.05, 0) is 29.8 Å². The molecule has 0 saturated heterocycles. The van der Waals surface area contributed by atoms with Gasteiger partial charge >= 0.3 is 6.18 Å². The number of anilines is 1. The van der Waals surface area contributed by atoms with Crippen molar-refractivity contribution in [1.29, 1.82) is 0 Å². The number of carbonyl (C=O) groups is 1. The zero-order valence-electron chi connectivity index (χ0n) is 13.0. The van der Waals surface area contributed by atoms with Crippen LogP contribution in [0.4, 0.5) is 18.9 Å². The summed E-state index contributed by atoms with van der Waals surface area (Å²) in [6, 6.07) is 10.5. The Balaban J connectivity index is 1.86. The third-order valence-corrected chi connectivity index (χ3v) is 3.99. The normalized spacial score (nSPS) is 11.2. The van der Waals surface area contributed by atoms with E-state index in [2.05, 4.69) is 10.6 Å². The first-order chi connectivity index (χ1) is 11.8. The molecule has 0 spiro atoms. The molecule has 0 saturated carbocycles. The second-order valence-corrected chi connectivity index (χ2v) is 6.08. The van der Waals surface area contributed by atoms with Gasteiger partial charge in [0.15, 0.2) is 0 Å². The molecule has 25 heavy (non-hydrogen) atoms. The van der Waals surface area contributed by atoms with Crippen LogP contribution in [0.25, 0.3) is 0 Å². The number of carbonyl (C=O) groups excluding carboxylic acids is 1. The minimum Gasteiger partial charge on any atom is -0.384 e. The first-order valence-electron chi connectivity index (χ1n) is 7.38. The highest BCUT2D eigenvalue weighted by Gasteiger charge is 2.33. The molecule has 0 unspecified atom stereocenters. The van der Waals surface area contributed by atoms with E-state index in [1.54, 1.807) is 24.3 Å². The monoisotopic (exact) mass is 390 g/mol. The maximum atomic E-state index is 13.0. The van der Waals surface area contributed by atoms with Crippen LogP contribution in [-0.4, -0.2) is 12.5 Å². The Morgan fingerprint density at radius 2 is 1.80 bits per heavy atom. The van der Waals surface area contributed by atoms with Gasteiger partial charge in [-0.2, -0.15) is 13.2 Å². The van der Waals surface area contributed by atoms with E-state index in [0.29, 0.717) is 5.02 Å². The Morgan fingerprint density at radius 1 is 1.08 bits per heavy atom. The average Bonchev–Trinajstić information content (AvgIpc) is 2.54. The van der Waals surface area contributed by atoms with Crippen LogP contribution < -0.4 is 10.6 Å². The fourth-order valence-electron chi connectivity index (χ4n) is 2.14. The summed E-state index contributed by atoms with van der Waals surface area (Å²) in [4.78, 5) is 11.8. The molecule has 1 amide bonds. The first-order valence-corrected chi connectivity index (χ1v) is 8.13. The third-order valence-electron chi connectivity index (χ3n) is 3.39. The number of halogens is 5. The van der Waals surface area contributed by atoms with Gasteiger partial charge in [0.2, 0.25) is 5.91 Å². The molecular formula is C17H15Cl2F3N2O. The molecule has 2 rings (SSSR count). The maximum absolute atomic E-state index is 13.0. The van der Waals surface area contributed by atoms with Crippen LogP contribution in [0, 0.1) is 0 Å². The summed E-state index contributed by atoms with van der Waals surface area (Å²) in [5.41, 5.74) is -0.213. The van der Waals surface area contributed by atoms with E-state index in [4.69, 9.17) is 23.2 Å². The van der Waals surface area contributed by atoms with Gasteiger partial charge in [0.25, 0.3) is 0 Å². The lowest BCUT2D eigenvalue weighted by Crippen LogP contribution is -2.25. The Labute approximate surface area is 153 Å². The highest BCUT2D eigenvalue weighted by molar-refractivity contribution is 6.31. The lowest BCUT2D eigenvalue weighted by Gasteiger charge is -2.15. The number of alkyl halides is 3. The summed E-state index contributed by atoms with van der Waals surface area (Å²) < 4.78 is 38.9. The zero-order valence-corrected chi connectivity index (χ0v) is 14.5. The summed E-state index contributed by atoms with van der Waals surface area (Å²) in [5.74, 6) is -0.296. The van der Waals surface area contributed by atoms with Crippen LogP contribution in [0.1, 0.15) is 17.5 Å². The predicted molar refractivity (Wildman–Crippen MR) is 92.9 cm³/mol. The molecule has 0 heterocycles. The Bertz CT molecular complexity index is 751. The molecule has 0 radical (unpaired) electrons. The summed E-state index contributed by atoms with van der Waals surface area (Å²) in [6.07, 6.45) is -4.51. The Kier molecular flexibility index (Phi) is 6.56. The number of benzene rings is 2. The topological polar surface area (TPSA) is 41.1 Å². The molecule has 0 bridgehead atoms. The fourth-order valence-corrected chi connectivity index (χ4v) is 2.51. The van der Waals surface area contributed by atoms with Gasteiger partial charge in [0.1, 0.15) is 0 Å². The summed E-state index contributed by atoms with van der Waals surface area (Å²) in [5, 5.41) is 5.83. The minimum atomic E-state index is -4.53. The Morgan fingerprint density at radius 3 is 2.48 bits per heavy atom. The van der Waals surface area contributed by atoms with Gasteiger partial charge < -0.3 is 10.6 Å². The molecule has 2 N–H and O–H groups in total. The second kappa shape index (κ2) is 8.45. The van der Waals surface area contributed by atoms with Gasteiger partial charge in [-0.3, -0.25) is 4.79 Å². The van der Waals surface area contributed by atoms with E-state index in [9.17, 15) is 18.0 Å². The van der Waals surface area contributed by atoms with E-state index in [1.807, 2.05) is 0 Å². The summed E-state index contributed by atoms with van der Waals surface area (Å²) in [6.45, 7) is 0.312. The van der Waals surface area contributed by atoms with Crippen molar-refractivity contribution in [2.75, 3.05) is 11.9 Å². The summed E-state index contributed by atoms with van der Waals surface area (Å²) in [7, 11) is 0. The van der Waals surface area contributed by atoms with Gasteiger partial charge in [-0.25, -0.2) is 0 Å². The number of nitrogens with one attached hydrogen (secondary N) is 2. The van der Waals surface area contributed by atoms with Gasteiger partial charge in [0.05, 0.1) is 5.56 Å². The quantitative estimate of drug-likeness (QED) is 0.717. The molecule has 0 atom stereocenters. The van der Waals surface area contributed by atoms with Crippen molar-refractivity contribution in [2.45, 2.75) is 19.1 Å². The fraction of sp³-hybridized carbons (Fsp3) is 0.235. The van der Waals surface area contributed by atoms with Crippen LogP contribution in [0.5, 0.6) is 0 Å². The van der Waals surface area contributed by atoms with E-state index in [0.717, 1.165) is 11.6 Å². The molecule has 0 aliphatic rings. The minimum absolute atomic E-state index is 0.00430. The van der Waals surface area contributed by atoms with Crippen molar-refractivity contribution < 1.29 is 18.0 Å². The van der Waals surface area contributed by atoms with E-state index in [1.165, 1.54) is 12.1 Å². The molecule has 0 aromatic heterocycles. The molecule has 0 aliphatic heterocycles. The number of hydrogen-bond donors (Lipinski definition) is 2. The van der Waals surface area contributed by atoms with E-state index < -0.39 is 11.7 Å². The van der Waals surface area contributed by atoms with Crippen molar-refractivity contribution in [3.63, 3.8) is 0 Å². The summed E-state index contributed by atoms with van der Waals surface area (Å²) >= 11 is 11.6. The van der Waals surface area contributed by atoms with Crippen molar-refractivity contribution in [2.24, 2.45) is 0 Å². The zero-order chi connectivity index (χ0) is 18.4. The number of amides is 1. The molecule has 0 fully saturated rings. The van der Waals surface area contributed by atoms with Crippen molar-refractivity contribution in [3.05, 3.63) is 63.6 Å². The Hall–Kier alpha value is -1.92. The van der Waals surface area contributed by atoms with Crippen LogP contribution in [0.15, 0.2) is 42.5 Å². The largest absolute Gasteiger partial charge is 0.418 e. The van der Waals surface area contributed by atoms with Crippen LogP contribution >= 0.6 is 23.2 Å². The lowest BCUT2D eigenvalue weighted by molar-refractivity contribution is -0.137.